The number of hydrogen-bond donors (Lipinski definition) is 0. The fraction of sp³-hybridized carbons (Fsp3) is 0.250. The molecule has 2 aromatic heterocycles. The average molecular weight is 602 g/mol. The summed E-state index contributed by atoms with van der Waals surface area (Å²) in [5.41, 5.74) is 5.46. The zero-order chi connectivity index (χ0) is 30.1. The highest BCUT2D eigenvalue weighted by Gasteiger charge is 2.33. The first-order valence-corrected chi connectivity index (χ1v) is 15.4. The van der Waals surface area contributed by atoms with Crippen LogP contribution in [0.3, 0.4) is 0 Å². The van der Waals surface area contributed by atoms with Gasteiger partial charge in [0.1, 0.15) is 0 Å². The van der Waals surface area contributed by atoms with Crippen molar-refractivity contribution < 1.29 is 19.1 Å². The molecule has 10 heteroatoms. The van der Waals surface area contributed by atoms with Gasteiger partial charge in [-0.1, -0.05) is 29.5 Å². The van der Waals surface area contributed by atoms with Gasteiger partial charge in [-0.3, -0.25) is 9.36 Å². The van der Waals surface area contributed by atoms with Crippen LogP contribution in [0.1, 0.15) is 52.8 Å². The molecule has 5 rings (SSSR count). The van der Waals surface area contributed by atoms with Crippen LogP contribution in [0.4, 0.5) is 0 Å². The molecule has 0 aliphatic carbocycles. The number of thioether (sulfide) groups is 1. The number of rotatable bonds is 7. The number of thiazole rings is 1. The van der Waals surface area contributed by atoms with Crippen LogP contribution in [-0.4, -0.2) is 41.0 Å². The minimum Gasteiger partial charge on any atom is -0.465 e. The van der Waals surface area contributed by atoms with Crippen molar-refractivity contribution in [2.45, 2.75) is 38.6 Å². The van der Waals surface area contributed by atoms with Crippen molar-refractivity contribution in [3.63, 3.8) is 0 Å². The number of hydrogen-bond acceptors (Lipinski definition) is 8. The minimum atomic E-state index is -0.660. The second-order valence-electron chi connectivity index (χ2n) is 9.78. The molecule has 216 valence electrons. The first-order chi connectivity index (χ1) is 20.2. The van der Waals surface area contributed by atoms with Gasteiger partial charge in [0.15, 0.2) is 4.80 Å². The van der Waals surface area contributed by atoms with Crippen molar-refractivity contribution in [2.24, 2.45) is 4.99 Å². The molecule has 8 nitrogen and oxygen atoms in total. The van der Waals surface area contributed by atoms with Crippen LogP contribution in [0, 0.1) is 13.8 Å². The fourth-order valence-corrected chi connectivity index (χ4v) is 6.70. The largest absolute Gasteiger partial charge is 0.465 e. The molecule has 0 spiro atoms. The molecule has 1 atom stereocenters. The summed E-state index contributed by atoms with van der Waals surface area (Å²) in [6, 6.07) is 16.4. The van der Waals surface area contributed by atoms with E-state index in [-0.39, 0.29) is 12.2 Å². The summed E-state index contributed by atoms with van der Waals surface area (Å²) < 4.78 is 14.4. The van der Waals surface area contributed by atoms with Gasteiger partial charge in [0, 0.05) is 22.0 Å². The Balaban J connectivity index is 1.66. The molecule has 0 N–H and O–H groups in total. The summed E-state index contributed by atoms with van der Waals surface area (Å²) in [7, 11) is 1.36. The number of nitrogens with zero attached hydrogens (tertiary/aromatic N) is 3. The van der Waals surface area contributed by atoms with E-state index < -0.39 is 18.0 Å². The van der Waals surface area contributed by atoms with Gasteiger partial charge in [-0.05, 0) is 87.6 Å². The smallest absolute Gasteiger partial charge is 0.338 e. The number of aryl methyl sites for hydroxylation is 1. The van der Waals surface area contributed by atoms with E-state index in [2.05, 4.69) is 4.99 Å². The maximum atomic E-state index is 14.0. The predicted molar refractivity (Wildman–Crippen MR) is 165 cm³/mol. The van der Waals surface area contributed by atoms with Crippen LogP contribution in [0.15, 0.2) is 80.5 Å². The number of carbonyl (C=O) groups is 2. The third-order valence-electron chi connectivity index (χ3n) is 7.23. The average Bonchev–Trinajstić information content (AvgIpc) is 3.45. The van der Waals surface area contributed by atoms with E-state index in [9.17, 15) is 14.4 Å². The third kappa shape index (κ3) is 5.28. The Morgan fingerprint density at radius 1 is 1.07 bits per heavy atom. The second-order valence-corrected chi connectivity index (χ2v) is 11.7. The Morgan fingerprint density at radius 3 is 2.48 bits per heavy atom. The van der Waals surface area contributed by atoms with E-state index in [1.165, 1.54) is 18.4 Å². The molecule has 42 heavy (non-hydrogen) atoms. The lowest BCUT2D eigenvalue weighted by Gasteiger charge is -2.24. The Morgan fingerprint density at radius 2 is 1.81 bits per heavy atom. The van der Waals surface area contributed by atoms with Crippen molar-refractivity contribution in [1.82, 2.24) is 9.13 Å². The Bertz CT molecular complexity index is 1910. The molecule has 0 unspecified atom stereocenters. The number of benzene rings is 2. The van der Waals surface area contributed by atoms with Crippen molar-refractivity contribution in [1.29, 1.82) is 0 Å². The van der Waals surface area contributed by atoms with Crippen LogP contribution >= 0.6 is 23.1 Å². The van der Waals surface area contributed by atoms with Crippen molar-refractivity contribution >= 4 is 41.1 Å². The highest BCUT2D eigenvalue weighted by molar-refractivity contribution is 7.98. The first kappa shape index (κ1) is 29.3. The highest BCUT2D eigenvalue weighted by Crippen LogP contribution is 2.32. The standard InChI is InChI=1S/C32H31N3O5S2/c1-7-40-31(38)27-19(3)33-32-35(28(27)21-11-13-25(41-6)14-12-21)29(36)26(42-32)17-23-15-18(2)34(20(23)4)24-10-8-9-22(16-24)30(37)39-5/h8-17,28H,7H2,1-6H3/b26-17+/t28-/m1/s1. The maximum absolute atomic E-state index is 14.0. The third-order valence-corrected chi connectivity index (χ3v) is 8.96. The lowest BCUT2D eigenvalue weighted by atomic mass is 9.96. The number of aromatic nitrogens is 2. The van der Waals surface area contributed by atoms with Crippen LogP contribution in [0.25, 0.3) is 11.8 Å². The molecular formula is C32H31N3O5S2. The molecule has 1 aliphatic heterocycles. The molecule has 0 saturated heterocycles. The fourth-order valence-electron chi connectivity index (χ4n) is 5.26. The second kappa shape index (κ2) is 12.0. The number of methoxy groups -OCH3 is 1. The Labute approximate surface area is 251 Å². The number of carbonyl (C=O) groups excluding carboxylic acids is 2. The van der Waals surface area contributed by atoms with E-state index >= 15 is 0 Å². The lowest BCUT2D eigenvalue weighted by Crippen LogP contribution is -2.39. The summed E-state index contributed by atoms with van der Waals surface area (Å²) in [5, 5.41) is 0. The SMILES string of the molecule is CCOC(=O)C1=C(C)N=c2s/c(=C/c3cc(C)n(-c4cccc(C(=O)OC)c4)c3C)c(=O)n2[C@@H]1c1ccc(SC)cc1. The number of ether oxygens (including phenoxy) is 2. The van der Waals surface area contributed by atoms with Crippen LogP contribution in [0.5, 0.6) is 0 Å². The molecule has 2 aromatic carbocycles. The van der Waals surface area contributed by atoms with E-state index in [4.69, 9.17) is 9.47 Å². The van der Waals surface area contributed by atoms with Gasteiger partial charge in [0.25, 0.3) is 5.56 Å². The zero-order valence-corrected chi connectivity index (χ0v) is 25.9. The summed E-state index contributed by atoms with van der Waals surface area (Å²) in [6.07, 6.45) is 3.86. The summed E-state index contributed by atoms with van der Waals surface area (Å²) >= 11 is 2.91. The molecular weight excluding hydrogens is 571 g/mol. The van der Waals surface area contributed by atoms with Crippen molar-refractivity contribution in [2.75, 3.05) is 20.0 Å². The van der Waals surface area contributed by atoms with E-state index in [1.807, 2.05) is 73.2 Å². The van der Waals surface area contributed by atoms with Crippen molar-refractivity contribution in [3.8, 4) is 5.69 Å². The van der Waals surface area contributed by atoms with Crippen LogP contribution in [-0.2, 0) is 14.3 Å². The summed E-state index contributed by atoms with van der Waals surface area (Å²) in [6.45, 7) is 7.70. The van der Waals surface area contributed by atoms with Crippen LogP contribution < -0.4 is 14.9 Å². The first-order valence-electron chi connectivity index (χ1n) is 13.4. The van der Waals surface area contributed by atoms with Gasteiger partial charge in [0.2, 0.25) is 0 Å². The van der Waals surface area contributed by atoms with E-state index in [0.717, 1.165) is 33.1 Å². The molecule has 4 aromatic rings. The van der Waals surface area contributed by atoms with E-state index in [1.54, 1.807) is 42.3 Å². The van der Waals surface area contributed by atoms with Gasteiger partial charge < -0.3 is 14.0 Å². The monoisotopic (exact) mass is 601 g/mol. The number of esters is 2. The predicted octanol–water partition coefficient (Wildman–Crippen LogP) is 4.71. The topological polar surface area (TPSA) is 91.9 Å². The molecule has 0 radical (unpaired) electrons. The minimum absolute atomic E-state index is 0.219. The molecule has 1 aliphatic rings. The quantitative estimate of drug-likeness (QED) is 0.225. The van der Waals surface area contributed by atoms with Crippen molar-refractivity contribution in [3.05, 3.63) is 114 Å². The molecule has 3 heterocycles. The molecule has 0 amide bonds. The van der Waals surface area contributed by atoms with Gasteiger partial charge in [-0.15, -0.1) is 11.8 Å². The Hall–Kier alpha value is -4.15. The van der Waals surface area contributed by atoms with E-state index in [0.29, 0.717) is 26.2 Å². The molecule has 0 bridgehead atoms. The van der Waals surface area contributed by atoms with Gasteiger partial charge in [-0.2, -0.15) is 0 Å². The lowest BCUT2D eigenvalue weighted by molar-refractivity contribution is -0.139. The normalized spacial score (nSPS) is 14.9. The zero-order valence-electron chi connectivity index (χ0n) is 24.3. The highest BCUT2D eigenvalue weighted by atomic mass is 32.2. The van der Waals surface area contributed by atoms with Gasteiger partial charge >= 0.3 is 11.9 Å². The summed E-state index contributed by atoms with van der Waals surface area (Å²) in [5.74, 6) is -0.888. The van der Waals surface area contributed by atoms with Gasteiger partial charge in [0.05, 0.1) is 41.1 Å². The Kier molecular flexibility index (Phi) is 8.38. The van der Waals surface area contributed by atoms with Crippen LogP contribution in [0.2, 0.25) is 0 Å². The summed E-state index contributed by atoms with van der Waals surface area (Å²) in [4.78, 5) is 45.6. The molecule has 0 fully saturated rings. The number of allylic oxidation sites excluding steroid dienone is 1. The maximum Gasteiger partial charge on any atom is 0.338 e. The number of fused-ring (bicyclic) bond motifs is 1. The van der Waals surface area contributed by atoms with Gasteiger partial charge in [-0.25, -0.2) is 14.6 Å². The molecule has 0 saturated carbocycles.